The summed E-state index contributed by atoms with van der Waals surface area (Å²) in [7, 11) is 0. The van der Waals surface area contributed by atoms with Crippen LogP contribution in [0.4, 0.5) is 5.82 Å². The number of benzene rings is 1. The van der Waals surface area contributed by atoms with Crippen LogP contribution in [0.25, 0.3) is 5.69 Å². The minimum Gasteiger partial charge on any atom is -0.383 e. The van der Waals surface area contributed by atoms with Crippen molar-refractivity contribution in [3.05, 3.63) is 40.5 Å². The summed E-state index contributed by atoms with van der Waals surface area (Å²) in [6, 6.07) is 11.4. The normalized spacial score (nSPS) is 9.80. The number of nitrogen functional groups attached to an aromatic ring is 1. The van der Waals surface area contributed by atoms with Crippen molar-refractivity contribution in [1.29, 1.82) is 5.26 Å². The summed E-state index contributed by atoms with van der Waals surface area (Å²) in [5, 5.41) is 11.7. The first kappa shape index (κ1) is 9.49. The van der Waals surface area contributed by atoms with Crippen LogP contribution in [0.2, 0.25) is 0 Å². The number of nitriles is 1. The van der Waals surface area contributed by atoms with Crippen LogP contribution in [0.3, 0.4) is 0 Å². The van der Waals surface area contributed by atoms with E-state index in [-0.39, 0.29) is 0 Å². The molecule has 0 unspecified atom stereocenters. The maximum absolute atomic E-state index is 8.83. The van der Waals surface area contributed by atoms with Crippen LogP contribution in [0.1, 0.15) is 5.56 Å². The zero-order chi connectivity index (χ0) is 10.8. The molecule has 1 heterocycles. The second-order valence-corrected chi connectivity index (χ2v) is 3.39. The molecule has 0 radical (unpaired) electrons. The smallest absolute Gasteiger partial charge is 0.144 e. The van der Waals surface area contributed by atoms with E-state index in [4.69, 9.17) is 23.2 Å². The number of H-pyrrole nitrogens is 1. The lowest BCUT2D eigenvalue weighted by Crippen LogP contribution is -2.01. The molecule has 3 N–H and O–H groups in total. The minimum atomic E-state index is 0.314. The maximum Gasteiger partial charge on any atom is 0.144 e. The van der Waals surface area contributed by atoms with E-state index in [0.717, 1.165) is 5.69 Å². The van der Waals surface area contributed by atoms with Crippen LogP contribution in [-0.4, -0.2) is 9.78 Å². The summed E-state index contributed by atoms with van der Waals surface area (Å²) in [5.41, 5.74) is 6.95. The maximum atomic E-state index is 8.83. The average Bonchev–Trinajstić information content (AvgIpc) is 2.55. The van der Waals surface area contributed by atoms with Crippen LogP contribution >= 0.6 is 12.2 Å². The van der Waals surface area contributed by atoms with Gasteiger partial charge in [-0.15, -0.1) is 0 Å². The number of nitrogens with zero attached hydrogens (tertiary/aromatic N) is 2. The van der Waals surface area contributed by atoms with Gasteiger partial charge in [-0.05, 0) is 12.1 Å². The largest absolute Gasteiger partial charge is 0.383 e. The molecule has 2 aromatic rings. The van der Waals surface area contributed by atoms with Gasteiger partial charge in [-0.3, -0.25) is 5.10 Å². The highest BCUT2D eigenvalue weighted by Gasteiger charge is 2.09. The fourth-order valence-corrected chi connectivity index (χ4v) is 1.58. The molecule has 0 saturated carbocycles. The van der Waals surface area contributed by atoms with Crippen LogP contribution in [-0.2, 0) is 0 Å². The van der Waals surface area contributed by atoms with Crippen molar-refractivity contribution in [2.45, 2.75) is 0 Å². The third-order valence-corrected chi connectivity index (χ3v) is 2.36. The molecule has 0 aliphatic carbocycles. The van der Waals surface area contributed by atoms with Crippen molar-refractivity contribution < 1.29 is 0 Å². The van der Waals surface area contributed by atoms with Gasteiger partial charge in [-0.1, -0.05) is 30.4 Å². The fourth-order valence-electron chi connectivity index (χ4n) is 1.33. The second-order valence-electron chi connectivity index (χ2n) is 2.98. The van der Waals surface area contributed by atoms with Crippen LogP contribution < -0.4 is 5.73 Å². The molecule has 1 aromatic carbocycles. The molecule has 0 aliphatic rings. The highest BCUT2D eigenvalue weighted by Crippen LogP contribution is 2.17. The molecule has 0 aliphatic heterocycles. The molecule has 74 valence electrons. The van der Waals surface area contributed by atoms with Gasteiger partial charge in [-0.25, -0.2) is 4.68 Å². The number of aromatic nitrogens is 2. The zero-order valence-corrected chi connectivity index (χ0v) is 8.58. The predicted octanol–water partition coefficient (Wildman–Crippen LogP) is 1.99. The molecular formula is C10H8N4S. The molecule has 0 bridgehead atoms. The zero-order valence-electron chi connectivity index (χ0n) is 7.77. The summed E-state index contributed by atoms with van der Waals surface area (Å²) in [6.07, 6.45) is 0. The van der Waals surface area contributed by atoms with Crippen molar-refractivity contribution in [2.75, 3.05) is 5.73 Å². The summed E-state index contributed by atoms with van der Waals surface area (Å²) >= 11 is 4.98. The first-order valence-corrected chi connectivity index (χ1v) is 4.71. The molecule has 1 aromatic heterocycles. The standard InChI is InChI=1S/C10H8N4S/c11-6-8-9(12)14(13-10(8)15)7-4-2-1-3-5-7/h1-5H,12H2,(H,13,15). The fraction of sp³-hybridized carbons (Fsp3) is 0. The highest BCUT2D eigenvalue weighted by molar-refractivity contribution is 7.71. The molecule has 5 heteroatoms. The second kappa shape index (κ2) is 3.59. The molecular weight excluding hydrogens is 208 g/mol. The van der Waals surface area contributed by atoms with Crippen molar-refractivity contribution >= 4 is 18.0 Å². The number of nitrogens with two attached hydrogens (primary N) is 1. The number of anilines is 1. The van der Waals surface area contributed by atoms with Crippen LogP contribution in [0.5, 0.6) is 0 Å². The number of para-hydroxylation sites is 1. The Bertz CT molecular complexity index is 574. The monoisotopic (exact) mass is 216 g/mol. The van der Waals surface area contributed by atoms with E-state index >= 15 is 0 Å². The number of rotatable bonds is 1. The van der Waals surface area contributed by atoms with E-state index < -0.39 is 0 Å². The molecule has 15 heavy (non-hydrogen) atoms. The molecule has 4 nitrogen and oxygen atoms in total. The Morgan fingerprint density at radius 3 is 2.53 bits per heavy atom. The number of hydrogen-bond acceptors (Lipinski definition) is 3. The molecule has 0 amide bonds. The van der Waals surface area contributed by atoms with Crippen molar-refractivity contribution in [1.82, 2.24) is 9.78 Å². The first-order chi connectivity index (χ1) is 7.24. The average molecular weight is 216 g/mol. The summed E-state index contributed by atoms with van der Waals surface area (Å²) in [4.78, 5) is 0. The van der Waals surface area contributed by atoms with E-state index in [1.54, 1.807) is 4.68 Å². The summed E-state index contributed by atoms with van der Waals surface area (Å²) in [5.74, 6) is 0.341. The third-order valence-electron chi connectivity index (χ3n) is 2.06. The van der Waals surface area contributed by atoms with Gasteiger partial charge >= 0.3 is 0 Å². The Hall–Kier alpha value is -2.06. The molecule has 0 fully saturated rings. The van der Waals surface area contributed by atoms with Gasteiger partial charge in [0.05, 0.1) is 5.69 Å². The van der Waals surface area contributed by atoms with E-state index in [9.17, 15) is 0 Å². The third kappa shape index (κ3) is 1.51. The Morgan fingerprint density at radius 2 is 2.00 bits per heavy atom. The van der Waals surface area contributed by atoms with Crippen molar-refractivity contribution in [3.63, 3.8) is 0 Å². The Balaban J connectivity index is 2.67. The topological polar surface area (TPSA) is 70.5 Å². The number of nitrogens with one attached hydrogen (secondary N) is 1. The Morgan fingerprint density at radius 1 is 1.33 bits per heavy atom. The van der Waals surface area contributed by atoms with Crippen molar-refractivity contribution in [2.24, 2.45) is 0 Å². The van der Waals surface area contributed by atoms with Gasteiger partial charge < -0.3 is 5.73 Å². The molecule has 0 atom stereocenters. The van der Waals surface area contributed by atoms with Crippen LogP contribution in [0, 0.1) is 16.0 Å². The quantitative estimate of drug-likeness (QED) is 0.716. The first-order valence-electron chi connectivity index (χ1n) is 4.30. The van der Waals surface area contributed by atoms with Gasteiger partial charge in [0.1, 0.15) is 22.1 Å². The summed E-state index contributed by atoms with van der Waals surface area (Å²) in [6.45, 7) is 0. The number of hydrogen-bond donors (Lipinski definition) is 2. The molecule has 0 spiro atoms. The SMILES string of the molecule is N#Cc1c(N)n(-c2ccccc2)[nH]c1=S. The summed E-state index contributed by atoms with van der Waals surface area (Å²) < 4.78 is 1.96. The Labute approximate surface area is 91.6 Å². The van der Waals surface area contributed by atoms with Crippen molar-refractivity contribution in [3.8, 4) is 11.8 Å². The predicted molar refractivity (Wildman–Crippen MR) is 60.1 cm³/mol. The van der Waals surface area contributed by atoms with Gasteiger partial charge in [0.2, 0.25) is 0 Å². The highest BCUT2D eigenvalue weighted by atomic mass is 32.1. The van der Waals surface area contributed by atoms with E-state index in [1.165, 1.54) is 0 Å². The van der Waals surface area contributed by atoms with E-state index in [1.807, 2.05) is 36.4 Å². The lowest BCUT2D eigenvalue weighted by Gasteiger charge is -2.03. The lowest BCUT2D eigenvalue weighted by atomic mass is 10.3. The minimum absolute atomic E-state index is 0.314. The number of aromatic amines is 1. The van der Waals surface area contributed by atoms with Gasteiger partial charge in [0.15, 0.2) is 0 Å². The molecule has 0 saturated heterocycles. The lowest BCUT2D eigenvalue weighted by molar-refractivity contribution is 0.885. The van der Waals surface area contributed by atoms with Crippen LogP contribution in [0.15, 0.2) is 30.3 Å². The van der Waals surface area contributed by atoms with Gasteiger partial charge in [0.25, 0.3) is 0 Å². The van der Waals surface area contributed by atoms with E-state index in [0.29, 0.717) is 16.0 Å². The van der Waals surface area contributed by atoms with E-state index in [2.05, 4.69) is 5.10 Å². The van der Waals surface area contributed by atoms with Gasteiger partial charge in [-0.2, -0.15) is 5.26 Å². The van der Waals surface area contributed by atoms with Gasteiger partial charge in [0, 0.05) is 0 Å². The Kier molecular flexibility index (Phi) is 2.27. The molecule has 2 rings (SSSR count).